The molecule has 1 aromatic carbocycles. The Morgan fingerprint density at radius 1 is 0.964 bits per heavy atom. The van der Waals surface area contributed by atoms with Gasteiger partial charge in [-0.15, -0.1) is 5.10 Å². The van der Waals surface area contributed by atoms with E-state index in [4.69, 9.17) is 9.40 Å². The number of rotatable bonds is 4. The summed E-state index contributed by atoms with van der Waals surface area (Å²) in [6.45, 7) is 4.96. The van der Waals surface area contributed by atoms with E-state index in [2.05, 4.69) is 10.1 Å². The molecule has 0 amide bonds. The average Bonchev–Trinajstić information content (AvgIpc) is 3.46. The lowest BCUT2D eigenvalue weighted by Gasteiger charge is -2.06. The molecule has 5 rings (SSSR count). The van der Waals surface area contributed by atoms with Crippen LogP contribution in [0.25, 0.3) is 39.9 Å². The zero-order valence-electron chi connectivity index (χ0n) is 15.5. The van der Waals surface area contributed by atoms with Crippen molar-refractivity contribution in [2.45, 2.75) is 26.9 Å². The topological polar surface area (TPSA) is 83.1 Å². The Hall–Kier alpha value is -3.68. The first kappa shape index (κ1) is 16.5. The standard InChI is InChI=1S/C20H18N6O2/c1-3-24-15-18(22-17(24)14-11-8-12-28-14)26-20(25(4-2)19(15)27)21-16(23-26)13-9-6-5-7-10-13/h5-12H,3-4H2,1-2H3. The van der Waals surface area contributed by atoms with Crippen LogP contribution in [0.4, 0.5) is 0 Å². The zero-order chi connectivity index (χ0) is 19.3. The number of hydrogen-bond donors (Lipinski definition) is 0. The molecular formula is C20H18N6O2. The van der Waals surface area contributed by atoms with Crippen LogP contribution >= 0.6 is 0 Å². The Balaban J connectivity index is 1.91. The summed E-state index contributed by atoms with van der Waals surface area (Å²) in [7, 11) is 0. The van der Waals surface area contributed by atoms with Crippen LogP contribution in [-0.2, 0) is 13.1 Å². The van der Waals surface area contributed by atoms with E-state index in [0.29, 0.717) is 47.4 Å². The molecule has 5 aromatic rings. The highest BCUT2D eigenvalue weighted by atomic mass is 16.3. The average molecular weight is 374 g/mol. The second kappa shape index (κ2) is 6.19. The SMILES string of the molecule is CCn1c(-c2ccco2)nc2c1c(=O)n(CC)c1nc(-c3ccccc3)nn21. The largest absolute Gasteiger partial charge is 0.461 e. The Labute approximate surface area is 159 Å². The van der Waals surface area contributed by atoms with Crippen molar-refractivity contribution in [1.29, 1.82) is 0 Å². The van der Waals surface area contributed by atoms with Crippen molar-refractivity contribution in [3.8, 4) is 23.0 Å². The van der Waals surface area contributed by atoms with Gasteiger partial charge in [0, 0.05) is 18.7 Å². The van der Waals surface area contributed by atoms with Gasteiger partial charge < -0.3 is 8.98 Å². The summed E-state index contributed by atoms with van der Waals surface area (Å²) in [4.78, 5) is 22.6. The van der Waals surface area contributed by atoms with Gasteiger partial charge in [-0.05, 0) is 26.0 Å². The highest BCUT2D eigenvalue weighted by Crippen LogP contribution is 2.25. The molecule has 0 aliphatic heterocycles. The number of imidazole rings is 1. The van der Waals surface area contributed by atoms with Crippen molar-refractivity contribution in [1.82, 2.24) is 28.7 Å². The van der Waals surface area contributed by atoms with Gasteiger partial charge in [0.25, 0.3) is 5.56 Å². The predicted octanol–water partition coefficient (Wildman–Crippen LogP) is 3.21. The number of nitrogens with zero attached hydrogens (tertiary/aromatic N) is 6. The summed E-state index contributed by atoms with van der Waals surface area (Å²) in [6, 6.07) is 13.3. The molecule has 4 aromatic heterocycles. The number of aryl methyl sites for hydroxylation is 2. The van der Waals surface area contributed by atoms with E-state index in [0.717, 1.165) is 5.56 Å². The third-order valence-corrected chi connectivity index (χ3v) is 4.84. The van der Waals surface area contributed by atoms with Crippen LogP contribution in [0.15, 0.2) is 57.9 Å². The van der Waals surface area contributed by atoms with Crippen LogP contribution in [0.5, 0.6) is 0 Å². The van der Waals surface area contributed by atoms with Crippen molar-refractivity contribution in [3.05, 3.63) is 59.1 Å². The Bertz CT molecular complexity index is 1340. The summed E-state index contributed by atoms with van der Waals surface area (Å²) in [5.74, 6) is 2.24. The molecule has 4 heterocycles. The van der Waals surface area contributed by atoms with Gasteiger partial charge in [0.15, 0.2) is 28.6 Å². The van der Waals surface area contributed by atoms with Crippen LogP contribution in [-0.4, -0.2) is 28.7 Å². The lowest BCUT2D eigenvalue weighted by molar-refractivity contribution is 0.571. The maximum Gasteiger partial charge on any atom is 0.281 e. The van der Waals surface area contributed by atoms with E-state index in [-0.39, 0.29) is 5.56 Å². The first-order chi connectivity index (χ1) is 13.7. The van der Waals surface area contributed by atoms with Gasteiger partial charge in [0.05, 0.1) is 6.26 Å². The number of hydrogen-bond acceptors (Lipinski definition) is 5. The molecule has 0 bridgehead atoms. The maximum absolute atomic E-state index is 13.3. The third-order valence-electron chi connectivity index (χ3n) is 4.84. The molecule has 0 aliphatic carbocycles. The molecule has 0 saturated carbocycles. The first-order valence-corrected chi connectivity index (χ1v) is 9.22. The molecule has 0 radical (unpaired) electrons. The van der Waals surface area contributed by atoms with Gasteiger partial charge in [-0.25, -0.2) is 4.98 Å². The van der Waals surface area contributed by atoms with Gasteiger partial charge in [-0.2, -0.15) is 9.50 Å². The van der Waals surface area contributed by atoms with E-state index < -0.39 is 0 Å². The Kier molecular flexibility index (Phi) is 3.65. The minimum absolute atomic E-state index is 0.135. The molecule has 8 nitrogen and oxygen atoms in total. The zero-order valence-corrected chi connectivity index (χ0v) is 15.5. The van der Waals surface area contributed by atoms with Crippen molar-refractivity contribution in [2.75, 3.05) is 0 Å². The molecule has 140 valence electrons. The van der Waals surface area contributed by atoms with E-state index >= 15 is 0 Å². The summed E-state index contributed by atoms with van der Waals surface area (Å²) in [6.07, 6.45) is 1.59. The Morgan fingerprint density at radius 3 is 2.43 bits per heavy atom. The second-order valence-corrected chi connectivity index (χ2v) is 6.39. The third kappa shape index (κ3) is 2.24. The van der Waals surface area contributed by atoms with E-state index in [1.165, 1.54) is 0 Å². The van der Waals surface area contributed by atoms with Crippen molar-refractivity contribution < 1.29 is 4.42 Å². The van der Waals surface area contributed by atoms with E-state index in [1.54, 1.807) is 21.4 Å². The van der Waals surface area contributed by atoms with Gasteiger partial charge in [0.2, 0.25) is 5.78 Å². The summed E-state index contributed by atoms with van der Waals surface area (Å²) in [5, 5.41) is 4.67. The summed E-state index contributed by atoms with van der Waals surface area (Å²) < 4.78 is 10.7. The quantitative estimate of drug-likeness (QED) is 0.482. The molecule has 0 saturated heterocycles. The number of fused-ring (bicyclic) bond motifs is 3. The number of aromatic nitrogens is 6. The predicted molar refractivity (Wildman–Crippen MR) is 105 cm³/mol. The van der Waals surface area contributed by atoms with E-state index in [9.17, 15) is 4.79 Å². The van der Waals surface area contributed by atoms with Crippen molar-refractivity contribution in [3.63, 3.8) is 0 Å². The van der Waals surface area contributed by atoms with Crippen LogP contribution in [0.2, 0.25) is 0 Å². The lowest BCUT2D eigenvalue weighted by atomic mass is 10.2. The summed E-state index contributed by atoms with van der Waals surface area (Å²) in [5.41, 5.74) is 1.72. The van der Waals surface area contributed by atoms with Crippen LogP contribution in [0.3, 0.4) is 0 Å². The number of furan rings is 1. The van der Waals surface area contributed by atoms with Crippen molar-refractivity contribution in [2.24, 2.45) is 0 Å². The van der Waals surface area contributed by atoms with Crippen LogP contribution in [0, 0.1) is 0 Å². The molecule has 0 aliphatic rings. The highest BCUT2D eigenvalue weighted by Gasteiger charge is 2.23. The molecule has 0 atom stereocenters. The Morgan fingerprint density at radius 2 is 1.75 bits per heavy atom. The van der Waals surface area contributed by atoms with E-state index in [1.807, 2.05) is 54.8 Å². The highest BCUT2D eigenvalue weighted by molar-refractivity contribution is 5.78. The lowest BCUT2D eigenvalue weighted by Crippen LogP contribution is -2.24. The smallest absolute Gasteiger partial charge is 0.281 e. The second-order valence-electron chi connectivity index (χ2n) is 6.39. The first-order valence-electron chi connectivity index (χ1n) is 9.22. The number of benzene rings is 1. The maximum atomic E-state index is 13.3. The molecule has 0 fully saturated rings. The molecule has 0 unspecified atom stereocenters. The molecule has 28 heavy (non-hydrogen) atoms. The molecule has 8 heteroatoms. The van der Waals surface area contributed by atoms with Crippen LogP contribution in [0.1, 0.15) is 13.8 Å². The molecule has 0 N–H and O–H groups in total. The minimum Gasteiger partial charge on any atom is -0.461 e. The molecular weight excluding hydrogens is 356 g/mol. The summed E-state index contributed by atoms with van der Waals surface area (Å²) >= 11 is 0. The van der Waals surface area contributed by atoms with Gasteiger partial charge in [-0.1, -0.05) is 30.3 Å². The fourth-order valence-electron chi connectivity index (χ4n) is 3.53. The van der Waals surface area contributed by atoms with Gasteiger partial charge >= 0.3 is 0 Å². The fraction of sp³-hybridized carbons (Fsp3) is 0.200. The monoisotopic (exact) mass is 374 g/mol. The van der Waals surface area contributed by atoms with Crippen molar-refractivity contribution >= 4 is 16.9 Å². The van der Waals surface area contributed by atoms with Gasteiger partial charge in [0.1, 0.15) is 0 Å². The van der Waals surface area contributed by atoms with Gasteiger partial charge in [-0.3, -0.25) is 9.36 Å². The normalized spacial score (nSPS) is 11.6. The van der Waals surface area contributed by atoms with Crippen LogP contribution < -0.4 is 5.56 Å². The minimum atomic E-state index is -0.135. The fourth-order valence-corrected chi connectivity index (χ4v) is 3.53. The molecule has 0 spiro atoms.